The monoisotopic (exact) mass is 472 g/mol. The van der Waals surface area contributed by atoms with Gasteiger partial charge in [-0.2, -0.15) is 0 Å². The van der Waals surface area contributed by atoms with Crippen LogP contribution in [0.4, 0.5) is 0 Å². The Kier molecular flexibility index (Phi) is 8.18. The van der Waals surface area contributed by atoms with Crippen molar-refractivity contribution in [2.45, 2.75) is 19.5 Å². The lowest BCUT2D eigenvalue weighted by molar-refractivity contribution is -0.114. The molecular weight excluding hydrogens is 444 g/mol. The van der Waals surface area contributed by atoms with E-state index in [4.69, 9.17) is 21.6 Å². The highest BCUT2D eigenvalue weighted by Crippen LogP contribution is 2.18. The van der Waals surface area contributed by atoms with Gasteiger partial charge in [-0.25, -0.2) is 0 Å². The number of aromatic nitrogens is 1. The lowest BCUT2D eigenvalue weighted by Crippen LogP contribution is -2.32. The zero-order valence-corrected chi connectivity index (χ0v) is 19.5. The molecule has 35 heavy (non-hydrogen) atoms. The number of methoxy groups -OCH3 is 1. The van der Waals surface area contributed by atoms with Crippen molar-refractivity contribution >= 4 is 17.5 Å². The third-order valence-electron chi connectivity index (χ3n) is 5.37. The van der Waals surface area contributed by atoms with E-state index < -0.39 is 5.91 Å². The van der Waals surface area contributed by atoms with Crippen molar-refractivity contribution in [2.24, 2.45) is 11.5 Å². The summed E-state index contributed by atoms with van der Waals surface area (Å²) in [6, 6.07) is 17.2. The van der Waals surface area contributed by atoms with Gasteiger partial charge in [0.1, 0.15) is 17.1 Å². The van der Waals surface area contributed by atoms with Crippen LogP contribution in [0.5, 0.6) is 5.75 Å². The molecule has 0 aliphatic rings. The number of carbonyl (C=O) groups is 2. The molecule has 9 heteroatoms. The third-order valence-corrected chi connectivity index (χ3v) is 5.37. The zero-order chi connectivity index (χ0) is 25.4. The highest BCUT2D eigenvalue weighted by atomic mass is 16.5. The number of ether oxygens (including phenoxy) is 1. The van der Waals surface area contributed by atoms with Gasteiger partial charge in [0.25, 0.3) is 11.8 Å². The molecule has 1 unspecified atom stereocenters. The molecule has 0 saturated heterocycles. The maximum atomic E-state index is 12.5. The second-order valence-corrected chi connectivity index (χ2v) is 7.76. The number of hydrogen-bond acceptors (Lipinski definition) is 7. The van der Waals surface area contributed by atoms with E-state index in [1.165, 1.54) is 7.11 Å². The normalized spacial score (nSPS) is 12.2. The van der Waals surface area contributed by atoms with Crippen LogP contribution in [0.25, 0.3) is 0 Å². The number of rotatable bonds is 10. The summed E-state index contributed by atoms with van der Waals surface area (Å²) in [4.78, 5) is 28.7. The van der Waals surface area contributed by atoms with Gasteiger partial charge in [0.05, 0.1) is 24.4 Å². The topological polar surface area (TPSA) is 156 Å². The van der Waals surface area contributed by atoms with E-state index in [-0.39, 0.29) is 35.6 Å². The van der Waals surface area contributed by atoms with Crippen molar-refractivity contribution < 1.29 is 14.3 Å². The third kappa shape index (κ3) is 6.23. The first-order valence-corrected chi connectivity index (χ1v) is 10.9. The molecule has 1 aromatic heterocycles. The molecule has 9 nitrogen and oxygen atoms in total. The quantitative estimate of drug-likeness (QED) is 0.225. The molecule has 0 fully saturated rings. The Labute approximate surface area is 203 Å². The number of pyridine rings is 1. The zero-order valence-electron chi connectivity index (χ0n) is 19.5. The number of nitrogens with zero attached hydrogens (tertiary/aromatic N) is 1. The Morgan fingerprint density at radius 3 is 2.40 bits per heavy atom. The summed E-state index contributed by atoms with van der Waals surface area (Å²) in [5, 5.41) is 14.4. The first-order valence-electron chi connectivity index (χ1n) is 10.9. The van der Waals surface area contributed by atoms with E-state index in [0.29, 0.717) is 16.9 Å². The Hall–Kier alpha value is -4.66. The average molecular weight is 473 g/mol. The van der Waals surface area contributed by atoms with Gasteiger partial charge in [-0.15, -0.1) is 0 Å². The number of benzene rings is 2. The molecule has 2 aromatic carbocycles. The molecule has 1 atom stereocenters. The average Bonchev–Trinajstić information content (AvgIpc) is 2.87. The van der Waals surface area contributed by atoms with Crippen LogP contribution < -0.4 is 26.8 Å². The fraction of sp³-hybridized carbons (Fsp3) is 0.154. The molecule has 7 N–H and O–H groups in total. The molecule has 2 amide bonds. The van der Waals surface area contributed by atoms with Crippen molar-refractivity contribution in [2.75, 3.05) is 7.11 Å². The maximum Gasteiger partial charge on any atom is 0.255 e. The summed E-state index contributed by atoms with van der Waals surface area (Å²) < 4.78 is 5.23. The van der Waals surface area contributed by atoms with E-state index in [9.17, 15) is 9.59 Å². The number of nitrogens with one attached hydrogen (secondary N) is 3. The lowest BCUT2D eigenvalue weighted by Gasteiger charge is -2.18. The summed E-state index contributed by atoms with van der Waals surface area (Å²) in [6.45, 7) is 2.13. The molecule has 0 spiro atoms. The fourth-order valence-corrected chi connectivity index (χ4v) is 3.45. The van der Waals surface area contributed by atoms with E-state index in [1.54, 1.807) is 67.0 Å². The maximum absolute atomic E-state index is 12.5. The molecule has 0 saturated carbocycles. The van der Waals surface area contributed by atoms with Crippen molar-refractivity contribution in [3.63, 3.8) is 0 Å². The van der Waals surface area contributed by atoms with Gasteiger partial charge >= 0.3 is 0 Å². The number of nitrogens with two attached hydrogens (primary N) is 2. The van der Waals surface area contributed by atoms with E-state index in [2.05, 4.69) is 15.6 Å². The second-order valence-electron chi connectivity index (χ2n) is 7.76. The van der Waals surface area contributed by atoms with Crippen LogP contribution in [0.1, 0.15) is 40.0 Å². The number of hydrogen-bond donors (Lipinski definition) is 5. The first kappa shape index (κ1) is 25.0. The standard InChI is InChI=1S/C26H28N6O3/c1-16(19-6-5-13-30-15-19)32-24(28)22(25(29)33)23(27)18-11-9-17(10-12-18)14-31-26(34)20-7-3-4-8-21(20)35-2/h3-13,15-16,27,32H,14,28H2,1-2H3,(H2,29,33)(H,31,34)/b24-22+,27-23?. The van der Waals surface area contributed by atoms with Gasteiger partial charge in [-0.05, 0) is 36.2 Å². The predicted octanol–water partition coefficient (Wildman–Crippen LogP) is 2.39. The highest BCUT2D eigenvalue weighted by Gasteiger charge is 2.20. The van der Waals surface area contributed by atoms with Crippen molar-refractivity contribution in [3.8, 4) is 5.75 Å². The Morgan fingerprint density at radius 2 is 1.77 bits per heavy atom. The first-order chi connectivity index (χ1) is 16.8. The van der Waals surface area contributed by atoms with Crippen LogP contribution in [-0.2, 0) is 11.3 Å². The fourth-order valence-electron chi connectivity index (χ4n) is 3.45. The Bertz CT molecular complexity index is 1240. The Balaban J connectivity index is 1.70. The second kappa shape index (κ2) is 11.5. The SMILES string of the molecule is COc1ccccc1C(=O)NCc1ccc(C(=N)/C(C(N)=O)=C(/N)NC(C)c2cccnc2)cc1. The summed E-state index contributed by atoms with van der Waals surface area (Å²) >= 11 is 0. The number of para-hydroxylation sites is 1. The van der Waals surface area contributed by atoms with Crippen LogP contribution in [0.15, 0.2) is 84.5 Å². The highest BCUT2D eigenvalue weighted by molar-refractivity contribution is 6.26. The van der Waals surface area contributed by atoms with Crippen LogP contribution in [0.3, 0.4) is 0 Å². The number of amides is 2. The Morgan fingerprint density at radius 1 is 1.06 bits per heavy atom. The van der Waals surface area contributed by atoms with Crippen molar-refractivity contribution in [3.05, 3.63) is 107 Å². The van der Waals surface area contributed by atoms with Crippen LogP contribution in [-0.4, -0.2) is 29.6 Å². The van der Waals surface area contributed by atoms with Crippen molar-refractivity contribution in [1.29, 1.82) is 5.41 Å². The summed E-state index contributed by atoms with van der Waals surface area (Å²) in [5.41, 5.74) is 14.0. The lowest BCUT2D eigenvalue weighted by atomic mass is 10.00. The molecule has 180 valence electrons. The summed E-state index contributed by atoms with van der Waals surface area (Å²) in [7, 11) is 1.51. The molecule has 0 radical (unpaired) electrons. The van der Waals surface area contributed by atoms with Gasteiger partial charge < -0.3 is 26.8 Å². The van der Waals surface area contributed by atoms with Gasteiger partial charge in [0, 0.05) is 24.5 Å². The number of carbonyl (C=O) groups excluding carboxylic acids is 2. The number of primary amides is 1. The molecule has 1 heterocycles. The minimum atomic E-state index is -0.813. The van der Waals surface area contributed by atoms with Crippen LogP contribution in [0.2, 0.25) is 0 Å². The largest absolute Gasteiger partial charge is 0.496 e. The van der Waals surface area contributed by atoms with Gasteiger partial charge in [0.15, 0.2) is 0 Å². The molecule has 0 aliphatic heterocycles. The van der Waals surface area contributed by atoms with E-state index in [0.717, 1.165) is 11.1 Å². The molecule has 0 aliphatic carbocycles. The van der Waals surface area contributed by atoms with Crippen LogP contribution in [0, 0.1) is 5.41 Å². The molecular formula is C26H28N6O3. The summed E-state index contributed by atoms with van der Waals surface area (Å²) in [6.07, 6.45) is 3.35. The minimum absolute atomic E-state index is 0.00648. The molecule has 3 aromatic rings. The predicted molar refractivity (Wildman–Crippen MR) is 134 cm³/mol. The summed E-state index contributed by atoms with van der Waals surface area (Å²) in [5.74, 6) is -0.582. The molecule has 0 bridgehead atoms. The molecule has 3 rings (SSSR count). The van der Waals surface area contributed by atoms with E-state index in [1.807, 2.05) is 13.0 Å². The van der Waals surface area contributed by atoms with E-state index >= 15 is 0 Å². The minimum Gasteiger partial charge on any atom is -0.496 e. The van der Waals surface area contributed by atoms with Gasteiger partial charge in [-0.1, -0.05) is 42.5 Å². The van der Waals surface area contributed by atoms with Crippen LogP contribution >= 0.6 is 0 Å². The van der Waals surface area contributed by atoms with Gasteiger partial charge in [0.2, 0.25) is 0 Å². The van der Waals surface area contributed by atoms with Gasteiger partial charge in [-0.3, -0.25) is 20.0 Å². The van der Waals surface area contributed by atoms with Crippen molar-refractivity contribution in [1.82, 2.24) is 15.6 Å². The smallest absolute Gasteiger partial charge is 0.255 e.